The van der Waals surface area contributed by atoms with Crippen molar-refractivity contribution in [2.45, 2.75) is 19.3 Å². The highest BCUT2D eigenvalue weighted by Gasteiger charge is 2.29. The molecule has 0 N–H and O–H groups in total. The predicted octanol–water partition coefficient (Wildman–Crippen LogP) is 2.57. The van der Waals surface area contributed by atoms with Crippen molar-refractivity contribution in [3.05, 3.63) is 23.3 Å². The Labute approximate surface area is 123 Å². The van der Waals surface area contributed by atoms with Crippen molar-refractivity contribution in [1.29, 1.82) is 0 Å². The van der Waals surface area contributed by atoms with Crippen molar-refractivity contribution in [3.63, 3.8) is 0 Å². The van der Waals surface area contributed by atoms with Crippen molar-refractivity contribution < 1.29 is 18.7 Å². The van der Waals surface area contributed by atoms with E-state index in [2.05, 4.69) is 11.9 Å². The molecule has 112 valence electrons. The zero-order chi connectivity index (χ0) is 15.0. The Morgan fingerprint density at radius 1 is 1.24 bits per heavy atom. The molecule has 0 radical (unpaired) electrons. The molecule has 0 unspecified atom stereocenters. The zero-order valence-corrected chi connectivity index (χ0v) is 12.3. The third-order valence-electron chi connectivity index (χ3n) is 4.33. The van der Waals surface area contributed by atoms with Crippen molar-refractivity contribution >= 4 is 22.9 Å². The fraction of sp³-hybridized carbons (Fsp3) is 0.500. The lowest BCUT2D eigenvalue weighted by Gasteiger charge is -2.28. The van der Waals surface area contributed by atoms with Gasteiger partial charge in [0.05, 0.1) is 12.7 Å². The Morgan fingerprint density at radius 3 is 2.48 bits per heavy atom. The van der Waals surface area contributed by atoms with E-state index in [-0.39, 0.29) is 11.3 Å². The SMILES string of the molecule is COC(=O)c1c(C(=O)CC2CCN(C)CC2)c2ccc1o2. The molecule has 21 heavy (non-hydrogen) atoms. The lowest BCUT2D eigenvalue weighted by atomic mass is 9.89. The molecule has 5 heteroatoms. The molecule has 2 aromatic rings. The minimum Gasteiger partial charge on any atom is -0.465 e. The maximum absolute atomic E-state index is 12.6. The molecule has 0 spiro atoms. The highest BCUT2D eigenvalue weighted by molar-refractivity contribution is 6.15. The Bertz CT molecular complexity index is 652. The molecule has 1 aliphatic heterocycles. The smallest absolute Gasteiger partial charge is 0.342 e. The second-order valence-corrected chi connectivity index (χ2v) is 5.78. The van der Waals surface area contributed by atoms with Crippen LogP contribution in [0.1, 0.15) is 40.0 Å². The van der Waals surface area contributed by atoms with Crippen LogP contribution in [0.3, 0.4) is 0 Å². The maximum atomic E-state index is 12.6. The number of methoxy groups -OCH3 is 1. The first-order chi connectivity index (χ1) is 10.1. The number of fused-ring (bicyclic) bond motifs is 2. The van der Waals surface area contributed by atoms with Crippen molar-refractivity contribution in [2.75, 3.05) is 27.2 Å². The van der Waals surface area contributed by atoms with E-state index in [1.165, 1.54) is 7.11 Å². The highest BCUT2D eigenvalue weighted by atomic mass is 16.5. The average Bonchev–Trinajstić information content (AvgIpc) is 3.09. The summed E-state index contributed by atoms with van der Waals surface area (Å²) in [4.78, 5) is 26.7. The van der Waals surface area contributed by atoms with Gasteiger partial charge in [0.1, 0.15) is 16.7 Å². The summed E-state index contributed by atoms with van der Waals surface area (Å²) in [5.74, 6) is -0.135. The lowest BCUT2D eigenvalue weighted by molar-refractivity contribution is 0.0598. The molecule has 3 heterocycles. The van der Waals surface area contributed by atoms with Gasteiger partial charge in [-0.3, -0.25) is 4.79 Å². The number of nitrogens with zero attached hydrogens (tertiary/aromatic N) is 1. The summed E-state index contributed by atoms with van der Waals surface area (Å²) in [6, 6.07) is 3.44. The number of ether oxygens (including phenoxy) is 1. The molecular weight excluding hydrogens is 270 g/mol. The van der Waals surface area contributed by atoms with Gasteiger partial charge in [0, 0.05) is 6.42 Å². The number of carbonyl (C=O) groups excluding carboxylic acids is 2. The molecule has 0 atom stereocenters. The number of ketones is 1. The van der Waals surface area contributed by atoms with Gasteiger partial charge in [-0.05, 0) is 51.0 Å². The Hall–Kier alpha value is -1.88. The van der Waals surface area contributed by atoms with Gasteiger partial charge in [0.15, 0.2) is 5.78 Å². The first kappa shape index (κ1) is 14.1. The van der Waals surface area contributed by atoms with Crippen LogP contribution in [0.2, 0.25) is 0 Å². The number of Topliss-reactive ketones (excluding diaryl/α,β-unsaturated/α-hetero) is 1. The third-order valence-corrected chi connectivity index (χ3v) is 4.33. The van der Waals surface area contributed by atoms with E-state index in [1.54, 1.807) is 12.1 Å². The number of furan rings is 2. The molecule has 3 rings (SSSR count). The summed E-state index contributed by atoms with van der Waals surface area (Å²) in [6.45, 7) is 2.04. The normalized spacial score (nSPS) is 17.4. The topological polar surface area (TPSA) is 59.8 Å². The van der Waals surface area contributed by atoms with Crippen LogP contribution in [0, 0.1) is 5.92 Å². The molecule has 2 aromatic heterocycles. The first-order valence-corrected chi connectivity index (χ1v) is 7.25. The van der Waals surface area contributed by atoms with Crippen LogP contribution in [0.15, 0.2) is 16.5 Å². The maximum Gasteiger partial charge on any atom is 0.342 e. The number of rotatable bonds is 4. The number of hydrogen-bond donors (Lipinski definition) is 0. The van der Waals surface area contributed by atoms with Gasteiger partial charge in [0.25, 0.3) is 0 Å². The van der Waals surface area contributed by atoms with Gasteiger partial charge in [-0.15, -0.1) is 0 Å². The summed E-state index contributed by atoms with van der Waals surface area (Å²) >= 11 is 0. The molecule has 0 aliphatic carbocycles. The standard InChI is InChI=1S/C16H19NO4/c1-17-7-5-10(6-8-17)9-11(18)14-12-3-4-13(21-12)15(14)16(19)20-2/h3-4,10H,5-9H2,1-2H3. The third kappa shape index (κ3) is 2.53. The van der Waals surface area contributed by atoms with E-state index in [0.29, 0.717) is 29.1 Å². The number of benzene rings is 1. The summed E-state index contributed by atoms with van der Waals surface area (Å²) < 4.78 is 10.2. The number of hydrogen-bond acceptors (Lipinski definition) is 5. The van der Waals surface area contributed by atoms with Crippen LogP contribution in [0.4, 0.5) is 0 Å². The highest BCUT2D eigenvalue weighted by Crippen LogP contribution is 2.32. The minimum absolute atomic E-state index is 0.0145. The number of carbonyl (C=O) groups is 2. The van der Waals surface area contributed by atoms with Crippen LogP contribution in [0.25, 0.3) is 11.2 Å². The first-order valence-electron chi connectivity index (χ1n) is 7.25. The van der Waals surface area contributed by atoms with Crippen molar-refractivity contribution in [1.82, 2.24) is 4.90 Å². The molecule has 1 aliphatic rings. The summed E-state index contributed by atoms with van der Waals surface area (Å²) in [5.41, 5.74) is 1.61. The second-order valence-electron chi connectivity index (χ2n) is 5.78. The fourth-order valence-electron chi connectivity index (χ4n) is 3.06. The predicted molar refractivity (Wildman–Crippen MR) is 77.9 cm³/mol. The number of esters is 1. The summed E-state index contributed by atoms with van der Waals surface area (Å²) in [7, 11) is 3.41. The molecular formula is C16H19NO4. The van der Waals surface area contributed by atoms with E-state index >= 15 is 0 Å². The van der Waals surface area contributed by atoms with E-state index in [1.807, 2.05) is 0 Å². The molecule has 2 bridgehead atoms. The number of likely N-dealkylation sites (tertiary alicyclic amines) is 1. The van der Waals surface area contributed by atoms with E-state index in [9.17, 15) is 9.59 Å². The Balaban J connectivity index is 1.81. The van der Waals surface area contributed by atoms with E-state index in [0.717, 1.165) is 25.9 Å². The molecule has 1 saturated heterocycles. The molecule has 0 aromatic carbocycles. The summed E-state index contributed by atoms with van der Waals surface area (Å²) in [6.07, 6.45) is 2.51. The van der Waals surface area contributed by atoms with E-state index in [4.69, 9.17) is 9.15 Å². The Morgan fingerprint density at radius 2 is 1.86 bits per heavy atom. The van der Waals surface area contributed by atoms with Crippen LogP contribution < -0.4 is 0 Å². The van der Waals surface area contributed by atoms with Crippen LogP contribution in [-0.4, -0.2) is 43.9 Å². The van der Waals surface area contributed by atoms with Gasteiger partial charge in [-0.25, -0.2) is 4.79 Å². The van der Waals surface area contributed by atoms with Gasteiger partial charge in [-0.2, -0.15) is 0 Å². The molecule has 0 saturated carbocycles. The van der Waals surface area contributed by atoms with Crippen LogP contribution in [-0.2, 0) is 4.74 Å². The van der Waals surface area contributed by atoms with Crippen molar-refractivity contribution in [3.8, 4) is 0 Å². The molecule has 0 amide bonds. The molecule has 5 nitrogen and oxygen atoms in total. The molecule has 1 fully saturated rings. The van der Waals surface area contributed by atoms with Gasteiger partial charge < -0.3 is 14.1 Å². The summed E-state index contributed by atoms with van der Waals surface area (Å²) in [5, 5.41) is 0. The van der Waals surface area contributed by atoms with Crippen LogP contribution >= 0.6 is 0 Å². The minimum atomic E-state index is -0.504. The van der Waals surface area contributed by atoms with Gasteiger partial charge in [-0.1, -0.05) is 0 Å². The largest absolute Gasteiger partial charge is 0.465 e. The Kier molecular flexibility index (Phi) is 3.68. The zero-order valence-electron chi connectivity index (χ0n) is 12.3. The van der Waals surface area contributed by atoms with Crippen LogP contribution in [0.5, 0.6) is 0 Å². The van der Waals surface area contributed by atoms with Gasteiger partial charge in [0.2, 0.25) is 0 Å². The fourth-order valence-corrected chi connectivity index (χ4v) is 3.06. The number of piperidine rings is 1. The van der Waals surface area contributed by atoms with E-state index < -0.39 is 5.97 Å². The van der Waals surface area contributed by atoms with Gasteiger partial charge >= 0.3 is 5.97 Å². The second kappa shape index (κ2) is 5.48. The quantitative estimate of drug-likeness (QED) is 0.639. The monoisotopic (exact) mass is 289 g/mol. The average molecular weight is 289 g/mol. The van der Waals surface area contributed by atoms with Crippen molar-refractivity contribution in [2.24, 2.45) is 5.92 Å². The lowest BCUT2D eigenvalue weighted by Crippen LogP contribution is -2.31.